The second-order valence-corrected chi connectivity index (χ2v) is 10.0. The molecule has 10 heteroatoms. The van der Waals surface area contributed by atoms with Gasteiger partial charge in [-0.05, 0) is 64.9 Å². The van der Waals surface area contributed by atoms with Crippen LogP contribution in [0.5, 0.6) is 0 Å². The molecule has 0 saturated heterocycles. The van der Waals surface area contributed by atoms with Crippen molar-refractivity contribution in [2.45, 2.75) is 16.9 Å². The molecule has 1 unspecified atom stereocenters. The molecule has 0 aliphatic carbocycles. The Bertz CT molecular complexity index is 824. The average molecular weight is 575 g/mol. The van der Waals surface area contributed by atoms with Crippen LogP contribution in [0.25, 0.3) is 0 Å². The molecular weight excluding hydrogens is 560 g/mol. The van der Waals surface area contributed by atoms with Crippen molar-refractivity contribution < 1.29 is 4.79 Å². The average Bonchev–Trinajstić information content (AvgIpc) is 2.57. The van der Waals surface area contributed by atoms with Crippen LogP contribution in [0.15, 0.2) is 51.4 Å². The third-order valence-corrected chi connectivity index (χ3v) is 5.36. The summed E-state index contributed by atoms with van der Waals surface area (Å²) in [6, 6.07) is 12.4. The monoisotopic (exact) mass is 571 g/mol. The summed E-state index contributed by atoms with van der Waals surface area (Å²) in [6.45, 7) is 1.92. The van der Waals surface area contributed by atoms with Gasteiger partial charge in [-0.15, -0.1) is 0 Å². The van der Waals surface area contributed by atoms with Gasteiger partial charge >= 0.3 is 0 Å². The number of carbonyl (C=O) groups excluding carboxylic acids is 1. The van der Waals surface area contributed by atoms with Crippen molar-refractivity contribution in [2.75, 3.05) is 5.32 Å². The summed E-state index contributed by atoms with van der Waals surface area (Å²) in [6.07, 6.45) is -1.05. The van der Waals surface area contributed by atoms with Crippen molar-refractivity contribution in [3.8, 4) is 0 Å². The SMILES string of the molecule is Cc1cc(Br)cc(Br)c1NC(=S)NC(NC(=O)c1ccccc1)C(Cl)(Cl)Cl. The molecule has 1 atom stereocenters. The molecule has 0 fully saturated rings. The number of carbonyl (C=O) groups is 1. The van der Waals surface area contributed by atoms with Gasteiger partial charge in [-0.1, -0.05) is 68.9 Å². The number of nitrogens with one attached hydrogen (secondary N) is 3. The number of hydrogen-bond donors (Lipinski definition) is 3. The van der Waals surface area contributed by atoms with Crippen LogP contribution in [0.3, 0.4) is 0 Å². The standard InChI is InChI=1S/C17H14Br2Cl3N3OS/c1-9-7-11(18)8-12(19)13(9)23-16(27)25-15(17(20,21)22)24-14(26)10-5-3-2-4-6-10/h2-8,15H,1H3,(H,24,26)(H2,23,25,27). The number of hydrogen-bond acceptors (Lipinski definition) is 2. The molecule has 0 spiro atoms. The molecule has 0 saturated carbocycles. The van der Waals surface area contributed by atoms with E-state index in [1.54, 1.807) is 30.3 Å². The van der Waals surface area contributed by atoms with Gasteiger partial charge < -0.3 is 16.0 Å². The first kappa shape index (κ1) is 22.7. The van der Waals surface area contributed by atoms with E-state index in [1.165, 1.54) is 0 Å². The Kier molecular flexibility index (Phi) is 8.21. The minimum Gasteiger partial charge on any atom is -0.339 e. The van der Waals surface area contributed by atoms with E-state index in [0.717, 1.165) is 20.2 Å². The van der Waals surface area contributed by atoms with E-state index in [-0.39, 0.29) is 5.11 Å². The number of halogens is 5. The van der Waals surface area contributed by atoms with Crippen molar-refractivity contribution in [1.82, 2.24) is 10.6 Å². The number of benzene rings is 2. The normalized spacial score (nSPS) is 12.2. The van der Waals surface area contributed by atoms with Crippen LogP contribution < -0.4 is 16.0 Å². The van der Waals surface area contributed by atoms with Gasteiger partial charge in [0.25, 0.3) is 5.91 Å². The zero-order valence-corrected chi connectivity index (χ0v) is 20.1. The number of aryl methyl sites for hydroxylation is 1. The topological polar surface area (TPSA) is 53.2 Å². The fraction of sp³-hybridized carbons (Fsp3) is 0.176. The lowest BCUT2D eigenvalue weighted by molar-refractivity contribution is 0.0934. The predicted octanol–water partition coefficient (Wildman–Crippen LogP) is 5.93. The first-order valence-electron chi connectivity index (χ1n) is 7.53. The van der Waals surface area contributed by atoms with E-state index >= 15 is 0 Å². The molecule has 0 aliphatic rings. The van der Waals surface area contributed by atoms with E-state index in [1.807, 2.05) is 19.1 Å². The van der Waals surface area contributed by atoms with Gasteiger partial charge in [0.05, 0.1) is 5.69 Å². The van der Waals surface area contributed by atoms with E-state index in [0.29, 0.717) is 5.56 Å². The van der Waals surface area contributed by atoms with Crippen molar-refractivity contribution in [3.05, 3.63) is 62.5 Å². The fourth-order valence-corrected chi connectivity index (χ4v) is 4.23. The van der Waals surface area contributed by atoms with Gasteiger partial charge in [0.15, 0.2) is 5.11 Å². The van der Waals surface area contributed by atoms with Crippen LogP contribution in [0.1, 0.15) is 15.9 Å². The highest BCUT2D eigenvalue weighted by Gasteiger charge is 2.35. The molecule has 0 heterocycles. The van der Waals surface area contributed by atoms with Crippen LogP contribution >= 0.6 is 78.9 Å². The molecule has 0 bridgehead atoms. The molecule has 0 aliphatic heterocycles. The molecule has 3 N–H and O–H groups in total. The molecule has 4 nitrogen and oxygen atoms in total. The molecule has 2 aromatic carbocycles. The van der Waals surface area contributed by atoms with Crippen LogP contribution in [0.4, 0.5) is 5.69 Å². The van der Waals surface area contributed by atoms with E-state index < -0.39 is 15.9 Å². The third kappa shape index (κ3) is 6.76. The Balaban J connectivity index is 2.12. The number of thiocarbonyl (C=S) groups is 1. The molecular formula is C17H14Br2Cl3N3OS. The largest absolute Gasteiger partial charge is 0.339 e. The van der Waals surface area contributed by atoms with Gasteiger partial charge in [-0.3, -0.25) is 4.79 Å². The summed E-state index contributed by atoms with van der Waals surface area (Å²) >= 11 is 30.3. The van der Waals surface area contributed by atoms with Crippen molar-refractivity contribution in [2.24, 2.45) is 0 Å². The summed E-state index contributed by atoms with van der Waals surface area (Å²) in [4.78, 5) is 12.4. The molecule has 1 amide bonds. The lowest BCUT2D eigenvalue weighted by Gasteiger charge is -2.28. The number of alkyl halides is 3. The molecule has 144 valence electrons. The van der Waals surface area contributed by atoms with Gasteiger partial charge in [0.1, 0.15) is 6.17 Å². The third-order valence-electron chi connectivity index (χ3n) is 3.40. The molecule has 2 rings (SSSR count). The maximum absolute atomic E-state index is 12.4. The summed E-state index contributed by atoms with van der Waals surface area (Å²) in [5.41, 5.74) is 2.14. The Hall–Kier alpha value is -0.570. The van der Waals surface area contributed by atoms with E-state index in [9.17, 15) is 4.79 Å². The Morgan fingerprint density at radius 3 is 2.30 bits per heavy atom. The predicted molar refractivity (Wildman–Crippen MR) is 124 cm³/mol. The highest BCUT2D eigenvalue weighted by molar-refractivity contribution is 9.11. The van der Waals surface area contributed by atoms with Crippen LogP contribution in [-0.2, 0) is 0 Å². The lowest BCUT2D eigenvalue weighted by atomic mass is 10.2. The number of rotatable bonds is 4. The Labute approximate surface area is 194 Å². The minimum absolute atomic E-state index is 0.186. The highest BCUT2D eigenvalue weighted by Crippen LogP contribution is 2.31. The number of anilines is 1. The maximum atomic E-state index is 12.4. The van der Waals surface area contributed by atoms with Crippen molar-refractivity contribution >= 4 is 95.6 Å². The van der Waals surface area contributed by atoms with Crippen LogP contribution in [0.2, 0.25) is 0 Å². The second-order valence-electron chi connectivity index (χ2n) is 5.49. The van der Waals surface area contributed by atoms with Crippen molar-refractivity contribution in [1.29, 1.82) is 0 Å². The molecule has 0 radical (unpaired) electrons. The van der Waals surface area contributed by atoms with E-state index in [2.05, 4.69) is 47.8 Å². The fourth-order valence-electron chi connectivity index (χ4n) is 2.14. The first-order chi connectivity index (χ1) is 12.6. The Morgan fingerprint density at radius 2 is 1.74 bits per heavy atom. The molecule has 27 heavy (non-hydrogen) atoms. The summed E-state index contributed by atoms with van der Waals surface area (Å²) in [7, 11) is 0. The van der Waals surface area contributed by atoms with Crippen LogP contribution in [-0.4, -0.2) is 21.0 Å². The Morgan fingerprint density at radius 1 is 1.11 bits per heavy atom. The smallest absolute Gasteiger partial charge is 0.252 e. The lowest BCUT2D eigenvalue weighted by Crippen LogP contribution is -2.56. The van der Waals surface area contributed by atoms with E-state index in [4.69, 9.17) is 47.0 Å². The molecule has 0 aromatic heterocycles. The maximum Gasteiger partial charge on any atom is 0.252 e. The van der Waals surface area contributed by atoms with Crippen LogP contribution in [0, 0.1) is 6.92 Å². The summed E-state index contributed by atoms with van der Waals surface area (Å²) in [5, 5.41) is 8.70. The second kappa shape index (κ2) is 9.76. The quantitative estimate of drug-likeness (QED) is 0.241. The zero-order chi connectivity index (χ0) is 20.2. The summed E-state index contributed by atoms with van der Waals surface area (Å²) < 4.78 is -0.106. The van der Waals surface area contributed by atoms with Gasteiger partial charge in [0.2, 0.25) is 3.79 Å². The minimum atomic E-state index is -1.83. The first-order valence-corrected chi connectivity index (χ1v) is 10.7. The zero-order valence-electron chi connectivity index (χ0n) is 13.8. The van der Waals surface area contributed by atoms with Gasteiger partial charge in [0, 0.05) is 14.5 Å². The van der Waals surface area contributed by atoms with Gasteiger partial charge in [-0.2, -0.15) is 0 Å². The number of amides is 1. The molecule has 2 aromatic rings. The van der Waals surface area contributed by atoms with Crippen molar-refractivity contribution in [3.63, 3.8) is 0 Å². The summed E-state index contributed by atoms with van der Waals surface area (Å²) in [5.74, 6) is -0.400. The van der Waals surface area contributed by atoms with Gasteiger partial charge in [-0.25, -0.2) is 0 Å². The highest BCUT2D eigenvalue weighted by atomic mass is 79.9.